The van der Waals surface area contributed by atoms with Crippen LogP contribution in [0.25, 0.3) is 0 Å². The molecule has 1 aliphatic carbocycles. The van der Waals surface area contributed by atoms with Crippen molar-refractivity contribution < 1.29 is 9.53 Å². The number of hydrogen-bond acceptors (Lipinski definition) is 2. The van der Waals surface area contributed by atoms with Gasteiger partial charge in [0.2, 0.25) is 0 Å². The van der Waals surface area contributed by atoms with Crippen LogP contribution in [0.1, 0.15) is 52.9 Å². The van der Waals surface area contributed by atoms with Gasteiger partial charge in [-0.3, -0.25) is 0 Å². The number of hydrogen-bond donors (Lipinski definition) is 1. The van der Waals surface area contributed by atoms with E-state index in [-0.39, 0.29) is 17.7 Å². The molecule has 1 unspecified atom stereocenters. The zero-order valence-corrected chi connectivity index (χ0v) is 9.43. The number of carbonyl (C=O) groups is 1. The van der Waals surface area contributed by atoms with Gasteiger partial charge >= 0.3 is 6.09 Å². The smallest absolute Gasteiger partial charge is 0.407 e. The van der Waals surface area contributed by atoms with Crippen LogP contribution in [0.4, 0.5) is 4.79 Å². The average molecular weight is 199 g/mol. The first-order valence-corrected chi connectivity index (χ1v) is 5.55. The number of alkyl carbamates (subject to hydrolysis) is 1. The predicted molar refractivity (Wildman–Crippen MR) is 56.2 cm³/mol. The maximum Gasteiger partial charge on any atom is 0.407 e. The molecule has 0 saturated heterocycles. The SMILES string of the molecule is CCC(C)NC(=O)OC1(C)CCCC1. The van der Waals surface area contributed by atoms with E-state index in [0.29, 0.717) is 0 Å². The Bertz CT molecular complexity index is 197. The standard InChI is InChI=1S/C11H21NO2/c1-4-9(2)12-10(13)14-11(3)7-5-6-8-11/h9H,4-8H2,1-3H3,(H,12,13). The van der Waals surface area contributed by atoms with E-state index in [1.165, 1.54) is 12.8 Å². The van der Waals surface area contributed by atoms with Crippen LogP contribution in [0.2, 0.25) is 0 Å². The lowest BCUT2D eigenvalue weighted by atomic mass is 10.1. The summed E-state index contributed by atoms with van der Waals surface area (Å²) in [4.78, 5) is 11.4. The maximum atomic E-state index is 11.4. The van der Waals surface area contributed by atoms with E-state index in [1.54, 1.807) is 0 Å². The zero-order valence-electron chi connectivity index (χ0n) is 9.43. The molecule has 0 radical (unpaired) electrons. The number of amides is 1. The van der Waals surface area contributed by atoms with Gasteiger partial charge in [0, 0.05) is 6.04 Å². The molecule has 0 aromatic heterocycles. The van der Waals surface area contributed by atoms with Crippen molar-refractivity contribution in [1.82, 2.24) is 5.32 Å². The number of rotatable bonds is 3. The molecule has 14 heavy (non-hydrogen) atoms. The van der Waals surface area contributed by atoms with Crippen LogP contribution in [0.5, 0.6) is 0 Å². The Hall–Kier alpha value is -0.730. The molecule has 0 bridgehead atoms. The summed E-state index contributed by atoms with van der Waals surface area (Å²) in [5, 5.41) is 2.82. The molecular formula is C11H21NO2. The lowest BCUT2D eigenvalue weighted by molar-refractivity contribution is 0.0288. The van der Waals surface area contributed by atoms with E-state index in [9.17, 15) is 4.79 Å². The first-order valence-electron chi connectivity index (χ1n) is 5.55. The molecule has 1 atom stereocenters. The summed E-state index contributed by atoms with van der Waals surface area (Å²) >= 11 is 0. The minimum atomic E-state index is -0.260. The summed E-state index contributed by atoms with van der Waals surface area (Å²) in [6.45, 7) is 6.05. The molecule has 0 aromatic rings. The van der Waals surface area contributed by atoms with Crippen molar-refractivity contribution in [3.63, 3.8) is 0 Å². The zero-order chi connectivity index (χ0) is 10.6. The van der Waals surface area contributed by atoms with E-state index in [2.05, 4.69) is 5.32 Å². The normalized spacial score (nSPS) is 21.6. The fourth-order valence-corrected chi connectivity index (χ4v) is 1.78. The molecule has 0 heterocycles. The van der Waals surface area contributed by atoms with Crippen LogP contribution >= 0.6 is 0 Å². The number of ether oxygens (including phenoxy) is 1. The molecule has 0 aliphatic heterocycles. The number of nitrogens with one attached hydrogen (secondary N) is 1. The van der Waals surface area contributed by atoms with Crippen LogP contribution in [-0.4, -0.2) is 17.7 Å². The van der Waals surface area contributed by atoms with Gasteiger partial charge in [-0.05, 0) is 46.0 Å². The molecule has 1 rings (SSSR count). The van der Waals surface area contributed by atoms with E-state index in [1.807, 2.05) is 20.8 Å². The second kappa shape index (κ2) is 4.67. The van der Waals surface area contributed by atoms with Gasteiger partial charge in [-0.1, -0.05) is 6.92 Å². The molecule has 1 aliphatic rings. The second-order valence-corrected chi connectivity index (χ2v) is 4.50. The van der Waals surface area contributed by atoms with Gasteiger partial charge < -0.3 is 10.1 Å². The van der Waals surface area contributed by atoms with Crippen molar-refractivity contribution in [1.29, 1.82) is 0 Å². The molecule has 3 heteroatoms. The fourth-order valence-electron chi connectivity index (χ4n) is 1.78. The lowest BCUT2D eigenvalue weighted by Gasteiger charge is -2.25. The van der Waals surface area contributed by atoms with Crippen molar-refractivity contribution >= 4 is 6.09 Å². The van der Waals surface area contributed by atoms with Crippen molar-refractivity contribution in [3.8, 4) is 0 Å². The van der Waals surface area contributed by atoms with Crippen LogP contribution in [0, 0.1) is 0 Å². The monoisotopic (exact) mass is 199 g/mol. The Labute approximate surface area is 86.2 Å². The predicted octanol–water partition coefficient (Wildman–Crippen LogP) is 2.84. The third-order valence-corrected chi connectivity index (χ3v) is 2.98. The molecule has 0 spiro atoms. The Morgan fingerprint density at radius 1 is 1.50 bits per heavy atom. The van der Waals surface area contributed by atoms with Gasteiger partial charge in [0.25, 0.3) is 0 Å². The van der Waals surface area contributed by atoms with Crippen molar-refractivity contribution in [3.05, 3.63) is 0 Å². The van der Waals surface area contributed by atoms with Crippen LogP contribution in [0.15, 0.2) is 0 Å². The molecule has 1 amide bonds. The van der Waals surface area contributed by atoms with Gasteiger partial charge in [-0.25, -0.2) is 4.79 Å². The number of carbonyl (C=O) groups excluding carboxylic acids is 1. The Kier molecular flexibility index (Phi) is 3.78. The van der Waals surface area contributed by atoms with E-state index >= 15 is 0 Å². The summed E-state index contributed by atoms with van der Waals surface area (Å²) in [5.74, 6) is 0. The minimum Gasteiger partial charge on any atom is -0.443 e. The average Bonchev–Trinajstić information content (AvgIpc) is 2.51. The van der Waals surface area contributed by atoms with Gasteiger partial charge in [-0.15, -0.1) is 0 Å². The summed E-state index contributed by atoms with van der Waals surface area (Å²) in [5.41, 5.74) is -0.211. The largest absolute Gasteiger partial charge is 0.443 e. The summed E-state index contributed by atoms with van der Waals surface area (Å²) < 4.78 is 5.42. The van der Waals surface area contributed by atoms with E-state index in [4.69, 9.17) is 4.74 Å². The topological polar surface area (TPSA) is 38.3 Å². The molecule has 0 aromatic carbocycles. The quantitative estimate of drug-likeness (QED) is 0.759. The first-order chi connectivity index (χ1) is 6.56. The Morgan fingerprint density at radius 2 is 2.07 bits per heavy atom. The van der Waals surface area contributed by atoms with Crippen LogP contribution in [-0.2, 0) is 4.74 Å². The Balaban J connectivity index is 2.32. The van der Waals surface area contributed by atoms with E-state index < -0.39 is 0 Å². The highest BCUT2D eigenvalue weighted by Gasteiger charge is 2.32. The molecular weight excluding hydrogens is 178 g/mol. The van der Waals surface area contributed by atoms with E-state index in [0.717, 1.165) is 19.3 Å². The molecule has 3 nitrogen and oxygen atoms in total. The minimum absolute atomic E-state index is 0.201. The first kappa shape index (κ1) is 11.3. The summed E-state index contributed by atoms with van der Waals surface area (Å²) in [6, 6.07) is 0.201. The highest BCUT2D eigenvalue weighted by Crippen LogP contribution is 2.32. The van der Waals surface area contributed by atoms with Crippen molar-refractivity contribution in [2.24, 2.45) is 0 Å². The Morgan fingerprint density at radius 3 is 2.57 bits per heavy atom. The summed E-state index contributed by atoms with van der Waals surface area (Å²) in [7, 11) is 0. The molecule has 1 saturated carbocycles. The van der Waals surface area contributed by atoms with Crippen LogP contribution < -0.4 is 5.32 Å². The van der Waals surface area contributed by atoms with Gasteiger partial charge in [0.05, 0.1) is 0 Å². The highest BCUT2D eigenvalue weighted by atomic mass is 16.6. The lowest BCUT2D eigenvalue weighted by Crippen LogP contribution is -2.38. The van der Waals surface area contributed by atoms with Gasteiger partial charge in [0.15, 0.2) is 0 Å². The van der Waals surface area contributed by atoms with Gasteiger partial charge in [-0.2, -0.15) is 0 Å². The summed E-state index contributed by atoms with van der Waals surface area (Å²) in [6.07, 6.45) is 5.03. The fraction of sp³-hybridized carbons (Fsp3) is 0.909. The molecule has 82 valence electrons. The van der Waals surface area contributed by atoms with Gasteiger partial charge in [0.1, 0.15) is 5.60 Å². The highest BCUT2D eigenvalue weighted by molar-refractivity contribution is 5.68. The van der Waals surface area contributed by atoms with Crippen LogP contribution in [0.3, 0.4) is 0 Å². The maximum absolute atomic E-state index is 11.4. The van der Waals surface area contributed by atoms with Crippen molar-refractivity contribution in [2.45, 2.75) is 64.5 Å². The third kappa shape index (κ3) is 3.20. The van der Waals surface area contributed by atoms with Crippen molar-refractivity contribution in [2.75, 3.05) is 0 Å². The molecule has 1 N–H and O–H groups in total. The third-order valence-electron chi connectivity index (χ3n) is 2.98. The molecule has 1 fully saturated rings. The second-order valence-electron chi connectivity index (χ2n) is 4.50.